The Hall–Kier alpha value is -3.65. The molecule has 0 radical (unpaired) electrons. The molecule has 2 N–H and O–H groups in total. The van der Waals surface area contributed by atoms with Crippen molar-refractivity contribution in [3.8, 4) is 22.8 Å². The zero-order chi connectivity index (χ0) is 20.6. The topological polar surface area (TPSA) is 107 Å². The first-order valence-electron chi connectivity index (χ1n) is 9.06. The van der Waals surface area contributed by atoms with Gasteiger partial charge in [0, 0.05) is 17.8 Å². The lowest BCUT2D eigenvalue weighted by molar-refractivity contribution is -0.605. The number of fused-ring (bicyclic) bond motifs is 1. The molecular formula is C21H20N4O4. The molecular weight excluding hydrogens is 372 g/mol. The number of rotatable bonds is 5. The van der Waals surface area contributed by atoms with Gasteiger partial charge in [0.05, 0.1) is 11.0 Å². The second-order valence-corrected chi connectivity index (χ2v) is 7.39. The molecule has 148 valence electrons. The summed E-state index contributed by atoms with van der Waals surface area (Å²) in [5, 5.41) is 21.8. The quantitative estimate of drug-likeness (QED) is 0.400. The van der Waals surface area contributed by atoms with Gasteiger partial charge in [0.15, 0.2) is 11.8 Å². The molecule has 0 aliphatic carbocycles. The number of aromatic amines is 1. The molecule has 0 spiro atoms. The molecule has 29 heavy (non-hydrogen) atoms. The van der Waals surface area contributed by atoms with Gasteiger partial charge in [0.1, 0.15) is 23.9 Å². The third-order valence-corrected chi connectivity index (χ3v) is 4.31. The molecule has 3 aromatic heterocycles. The van der Waals surface area contributed by atoms with Gasteiger partial charge in [-0.2, -0.15) is 4.73 Å². The molecule has 0 saturated heterocycles. The summed E-state index contributed by atoms with van der Waals surface area (Å²) in [6.45, 7) is 3.50. The molecule has 4 rings (SSSR count). The summed E-state index contributed by atoms with van der Waals surface area (Å²) in [6, 6.07) is 12.1. The number of ether oxygens (including phenoxy) is 1. The van der Waals surface area contributed by atoms with Crippen LogP contribution in [-0.4, -0.2) is 31.8 Å². The van der Waals surface area contributed by atoms with E-state index in [1.54, 1.807) is 67.1 Å². The highest BCUT2D eigenvalue weighted by molar-refractivity contribution is 5.79. The van der Waals surface area contributed by atoms with Crippen LogP contribution in [0.1, 0.15) is 13.8 Å². The first-order valence-corrected chi connectivity index (χ1v) is 9.06. The Bertz CT molecular complexity index is 1220. The van der Waals surface area contributed by atoms with Crippen molar-refractivity contribution in [3.05, 3.63) is 76.6 Å². The molecule has 3 heterocycles. The van der Waals surface area contributed by atoms with E-state index >= 15 is 0 Å². The Morgan fingerprint density at radius 1 is 1.24 bits per heavy atom. The van der Waals surface area contributed by atoms with Gasteiger partial charge in [0.2, 0.25) is 6.20 Å². The van der Waals surface area contributed by atoms with Crippen LogP contribution in [0.3, 0.4) is 0 Å². The molecule has 8 heteroatoms. The Kier molecular flexibility index (Phi) is 4.56. The average molecular weight is 392 g/mol. The number of hydrogen-bond acceptors (Lipinski definition) is 5. The molecule has 0 saturated carbocycles. The molecule has 0 unspecified atom stereocenters. The predicted molar refractivity (Wildman–Crippen MR) is 108 cm³/mol. The Morgan fingerprint density at radius 2 is 2.00 bits per heavy atom. The van der Waals surface area contributed by atoms with Crippen LogP contribution in [0.25, 0.3) is 28.1 Å². The minimum atomic E-state index is -0.929. The van der Waals surface area contributed by atoms with Crippen LogP contribution in [-0.2, 0) is 0 Å². The number of aromatic nitrogens is 4. The molecule has 1 aromatic carbocycles. The SMILES string of the molecule is CC(C)(O)COc1ccc(-c2nc3c(ccn3-c3ccc[n+]([O-])c3)c(=O)[nH]2)cc1. The highest BCUT2D eigenvalue weighted by Crippen LogP contribution is 2.22. The van der Waals surface area contributed by atoms with E-state index in [0.717, 1.165) is 0 Å². The molecule has 8 nitrogen and oxygen atoms in total. The normalized spacial score (nSPS) is 11.7. The maximum absolute atomic E-state index is 12.5. The van der Waals surface area contributed by atoms with Gasteiger partial charge < -0.3 is 20.0 Å². The van der Waals surface area contributed by atoms with Crippen LogP contribution >= 0.6 is 0 Å². The smallest absolute Gasteiger partial charge is 0.260 e. The Balaban J connectivity index is 1.71. The number of aliphatic hydroxyl groups is 1. The van der Waals surface area contributed by atoms with Crippen LogP contribution in [0.5, 0.6) is 5.75 Å². The first kappa shape index (κ1) is 18.7. The van der Waals surface area contributed by atoms with Crippen molar-refractivity contribution in [3.63, 3.8) is 0 Å². The van der Waals surface area contributed by atoms with Gasteiger partial charge >= 0.3 is 0 Å². The highest BCUT2D eigenvalue weighted by atomic mass is 16.5. The summed E-state index contributed by atoms with van der Waals surface area (Å²) in [5.41, 5.74) is 0.576. The van der Waals surface area contributed by atoms with Crippen LogP contribution in [0.2, 0.25) is 0 Å². The van der Waals surface area contributed by atoms with E-state index in [0.29, 0.717) is 38.6 Å². The number of H-pyrrole nitrogens is 1. The summed E-state index contributed by atoms with van der Waals surface area (Å²) in [5.74, 6) is 1.01. The predicted octanol–water partition coefficient (Wildman–Crippen LogP) is 2.16. The number of pyridine rings is 1. The first-order chi connectivity index (χ1) is 13.8. The molecule has 0 aliphatic heterocycles. The number of hydrogen-bond donors (Lipinski definition) is 2. The lowest BCUT2D eigenvalue weighted by Gasteiger charge is -2.17. The van der Waals surface area contributed by atoms with E-state index in [4.69, 9.17) is 4.74 Å². The van der Waals surface area contributed by atoms with E-state index in [1.807, 2.05) is 0 Å². The van der Waals surface area contributed by atoms with Crippen LogP contribution in [0, 0.1) is 5.21 Å². The van der Waals surface area contributed by atoms with Gasteiger partial charge in [-0.3, -0.25) is 9.36 Å². The third-order valence-electron chi connectivity index (χ3n) is 4.31. The van der Waals surface area contributed by atoms with Crippen LogP contribution < -0.4 is 15.0 Å². The maximum atomic E-state index is 12.5. The van der Waals surface area contributed by atoms with Gasteiger partial charge in [-0.05, 0) is 50.2 Å². The summed E-state index contributed by atoms with van der Waals surface area (Å²) in [6.07, 6.45) is 4.51. The minimum Gasteiger partial charge on any atom is -0.619 e. The Labute approximate surface area is 166 Å². The van der Waals surface area contributed by atoms with Crippen molar-refractivity contribution in [2.24, 2.45) is 0 Å². The number of benzene rings is 1. The van der Waals surface area contributed by atoms with Crippen molar-refractivity contribution in [1.29, 1.82) is 0 Å². The van der Waals surface area contributed by atoms with E-state index < -0.39 is 5.60 Å². The fourth-order valence-electron chi connectivity index (χ4n) is 2.92. The third kappa shape index (κ3) is 3.97. The van der Waals surface area contributed by atoms with Crippen molar-refractivity contribution in [2.75, 3.05) is 6.61 Å². The van der Waals surface area contributed by atoms with Gasteiger partial charge in [-0.15, -0.1) is 0 Å². The molecule has 0 atom stereocenters. The molecule has 0 fully saturated rings. The largest absolute Gasteiger partial charge is 0.619 e. The van der Waals surface area contributed by atoms with E-state index in [9.17, 15) is 15.1 Å². The molecule has 0 aliphatic rings. The second-order valence-electron chi connectivity index (χ2n) is 7.39. The summed E-state index contributed by atoms with van der Waals surface area (Å²) in [4.78, 5) is 19.9. The van der Waals surface area contributed by atoms with Crippen molar-refractivity contribution < 1.29 is 14.6 Å². The lowest BCUT2D eigenvalue weighted by atomic mass is 10.1. The van der Waals surface area contributed by atoms with Crippen molar-refractivity contribution in [1.82, 2.24) is 14.5 Å². The maximum Gasteiger partial charge on any atom is 0.260 e. The van der Waals surface area contributed by atoms with Crippen molar-refractivity contribution in [2.45, 2.75) is 19.4 Å². The molecule has 0 bridgehead atoms. The zero-order valence-corrected chi connectivity index (χ0v) is 16.0. The lowest BCUT2D eigenvalue weighted by Crippen LogP contribution is -2.27. The fraction of sp³-hybridized carbons (Fsp3) is 0.190. The number of nitrogens with one attached hydrogen (secondary N) is 1. The van der Waals surface area contributed by atoms with Crippen LogP contribution in [0.15, 0.2) is 65.8 Å². The monoisotopic (exact) mass is 392 g/mol. The van der Waals surface area contributed by atoms with E-state index in [1.165, 1.54) is 12.4 Å². The number of nitrogens with zero attached hydrogens (tertiary/aromatic N) is 3. The second kappa shape index (κ2) is 7.06. The highest BCUT2D eigenvalue weighted by Gasteiger charge is 2.14. The van der Waals surface area contributed by atoms with E-state index in [-0.39, 0.29) is 12.2 Å². The van der Waals surface area contributed by atoms with Gasteiger partial charge in [-0.25, -0.2) is 4.98 Å². The van der Waals surface area contributed by atoms with E-state index in [2.05, 4.69) is 9.97 Å². The summed E-state index contributed by atoms with van der Waals surface area (Å²) < 4.78 is 7.95. The standard InChI is InChI=1S/C21H20N4O4/c1-21(2,27)13-29-16-7-5-14(6-8-16)18-22-19-17(20(26)23-18)9-11-25(19)15-4-3-10-24(28)12-15/h3-12,27H,13H2,1-2H3,(H,22,23,26). The molecule has 4 aromatic rings. The van der Waals surface area contributed by atoms with Gasteiger partial charge in [-0.1, -0.05) is 0 Å². The zero-order valence-electron chi connectivity index (χ0n) is 16.0. The fourth-order valence-corrected chi connectivity index (χ4v) is 2.92. The molecule has 0 amide bonds. The summed E-state index contributed by atoms with van der Waals surface area (Å²) in [7, 11) is 0. The minimum absolute atomic E-state index is 0.164. The Morgan fingerprint density at radius 3 is 2.69 bits per heavy atom. The van der Waals surface area contributed by atoms with Crippen molar-refractivity contribution >= 4 is 11.0 Å². The van der Waals surface area contributed by atoms with Gasteiger partial charge in [0.25, 0.3) is 5.56 Å². The van der Waals surface area contributed by atoms with Crippen LogP contribution in [0.4, 0.5) is 0 Å². The average Bonchev–Trinajstić information content (AvgIpc) is 3.11. The summed E-state index contributed by atoms with van der Waals surface area (Å²) >= 11 is 0.